The maximum Gasteiger partial charge on any atom is 0.0598 e. The van der Waals surface area contributed by atoms with Crippen LogP contribution >= 0.6 is 0 Å². The summed E-state index contributed by atoms with van der Waals surface area (Å²) in [6, 6.07) is 10.3. The standard InChI is InChI=1S/C15H22N2/c1-3-11-17(12-4-2)13-10-15(16)14-8-6-5-7-9-14/h1,5-9,15H,4,10-13,16H2,2H3. The van der Waals surface area contributed by atoms with Crippen LogP contribution in [0, 0.1) is 12.3 Å². The Kier molecular flexibility index (Phi) is 6.39. The molecule has 0 aromatic heterocycles. The average Bonchev–Trinajstić information content (AvgIpc) is 2.37. The van der Waals surface area contributed by atoms with Crippen LogP contribution in [0.25, 0.3) is 0 Å². The van der Waals surface area contributed by atoms with E-state index in [-0.39, 0.29) is 6.04 Å². The van der Waals surface area contributed by atoms with E-state index in [1.54, 1.807) is 0 Å². The molecule has 0 amide bonds. The minimum atomic E-state index is 0.105. The van der Waals surface area contributed by atoms with E-state index in [1.165, 1.54) is 5.56 Å². The molecule has 0 aliphatic rings. The third-order valence-electron chi connectivity index (χ3n) is 2.84. The zero-order chi connectivity index (χ0) is 12.5. The highest BCUT2D eigenvalue weighted by atomic mass is 15.1. The Hall–Kier alpha value is -1.30. The molecule has 1 aromatic carbocycles. The van der Waals surface area contributed by atoms with E-state index in [9.17, 15) is 0 Å². The van der Waals surface area contributed by atoms with Crippen LogP contribution in [0.3, 0.4) is 0 Å². The Labute approximate surface area is 105 Å². The van der Waals surface area contributed by atoms with Crippen molar-refractivity contribution in [2.75, 3.05) is 19.6 Å². The zero-order valence-corrected chi connectivity index (χ0v) is 10.6. The Morgan fingerprint density at radius 2 is 2.00 bits per heavy atom. The second kappa shape index (κ2) is 7.89. The molecule has 0 spiro atoms. The third kappa shape index (κ3) is 5.04. The second-order valence-corrected chi connectivity index (χ2v) is 4.29. The van der Waals surface area contributed by atoms with Crippen LogP contribution in [0.4, 0.5) is 0 Å². The number of hydrogen-bond acceptors (Lipinski definition) is 2. The molecular weight excluding hydrogens is 208 g/mol. The maximum absolute atomic E-state index is 6.16. The van der Waals surface area contributed by atoms with Gasteiger partial charge in [0.15, 0.2) is 0 Å². The van der Waals surface area contributed by atoms with Crippen LogP contribution < -0.4 is 5.73 Å². The van der Waals surface area contributed by atoms with Crippen molar-refractivity contribution >= 4 is 0 Å². The number of terminal acetylenes is 1. The Balaban J connectivity index is 2.41. The summed E-state index contributed by atoms with van der Waals surface area (Å²) < 4.78 is 0. The first-order valence-electron chi connectivity index (χ1n) is 6.24. The lowest BCUT2D eigenvalue weighted by atomic mass is 10.0. The van der Waals surface area contributed by atoms with E-state index >= 15 is 0 Å². The number of rotatable bonds is 7. The van der Waals surface area contributed by atoms with Crippen molar-refractivity contribution in [1.29, 1.82) is 0 Å². The monoisotopic (exact) mass is 230 g/mol. The fourth-order valence-electron chi connectivity index (χ4n) is 1.90. The molecule has 1 rings (SSSR count). The van der Waals surface area contributed by atoms with Crippen LogP contribution in [0.1, 0.15) is 31.4 Å². The SMILES string of the molecule is C#CCN(CCC)CCC(N)c1ccccc1. The lowest BCUT2D eigenvalue weighted by molar-refractivity contribution is 0.294. The predicted octanol–water partition coefficient (Wildman–Crippen LogP) is 2.42. The molecule has 0 heterocycles. The molecule has 17 heavy (non-hydrogen) atoms. The van der Waals surface area contributed by atoms with Gasteiger partial charge in [-0.15, -0.1) is 6.42 Å². The minimum Gasteiger partial charge on any atom is -0.324 e. The molecule has 1 unspecified atom stereocenters. The molecule has 2 nitrogen and oxygen atoms in total. The second-order valence-electron chi connectivity index (χ2n) is 4.29. The Bertz CT molecular complexity index is 340. The normalized spacial score (nSPS) is 12.4. The van der Waals surface area contributed by atoms with E-state index in [0.29, 0.717) is 0 Å². The molecule has 2 N–H and O–H groups in total. The van der Waals surface area contributed by atoms with Gasteiger partial charge in [-0.3, -0.25) is 4.90 Å². The van der Waals surface area contributed by atoms with E-state index in [0.717, 1.165) is 32.5 Å². The summed E-state index contributed by atoms with van der Waals surface area (Å²) >= 11 is 0. The summed E-state index contributed by atoms with van der Waals surface area (Å²) in [5.74, 6) is 2.70. The predicted molar refractivity (Wildman–Crippen MR) is 73.6 cm³/mol. The van der Waals surface area contributed by atoms with Crippen molar-refractivity contribution in [3.8, 4) is 12.3 Å². The minimum absolute atomic E-state index is 0.105. The topological polar surface area (TPSA) is 29.3 Å². The summed E-state index contributed by atoms with van der Waals surface area (Å²) in [5.41, 5.74) is 7.36. The van der Waals surface area contributed by atoms with Crippen molar-refractivity contribution in [1.82, 2.24) is 4.90 Å². The molecule has 92 valence electrons. The smallest absolute Gasteiger partial charge is 0.0598 e. The first-order valence-corrected chi connectivity index (χ1v) is 6.24. The molecule has 0 aliphatic heterocycles. The maximum atomic E-state index is 6.16. The molecule has 1 atom stereocenters. The quantitative estimate of drug-likeness (QED) is 0.729. The van der Waals surface area contributed by atoms with Gasteiger partial charge in [-0.2, -0.15) is 0 Å². The van der Waals surface area contributed by atoms with Gasteiger partial charge >= 0.3 is 0 Å². The first kappa shape index (κ1) is 13.8. The highest BCUT2D eigenvalue weighted by Crippen LogP contribution is 2.13. The van der Waals surface area contributed by atoms with Crippen molar-refractivity contribution in [2.24, 2.45) is 5.73 Å². The van der Waals surface area contributed by atoms with E-state index < -0.39 is 0 Å². The molecule has 0 bridgehead atoms. The number of hydrogen-bond donors (Lipinski definition) is 1. The van der Waals surface area contributed by atoms with Gasteiger partial charge in [0.25, 0.3) is 0 Å². The summed E-state index contributed by atoms with van der Waals surface area (Å²) in [4.78, 5) is 2.28. The van der Waals surface area contributed by atoms with Crippen molar-refractivity contribution in [3.63, 3.8) is 0 Å². The molecule has 2 heteroatoms. The van der Waals surface area contributed by atoms with Gasteiger partial charge in [0, 0.05) is 12.6 Å². The Morgan fingerprint density at radius 1 is 1.29 bits per heavy atom. The van der Waals surface area contributed by atoms with Crippen LogP contribution in [-0.4, -0.2) is 24.5 Å². The number of nitrogens with zero attached hydrogens (tertiary/aromatic N) is 1. The van der Waals surface area contributed by atoms with Crippen LogP contribution in [0.15, 0.2) is 30.3 Å². The summed E-state index contributed by atoms with van der Waals surface area (Å²) in [6.07, 6.45) is 7.43. The molecule has 0 radical (unpaired) electrons. The molecule has 1 aromatic rings. The van der Waals surface area contributed by atoms with Crippen molar-refractivity contribution in [3.05, 3.63) is 35.9 Å². The van der Waals surface area contributed by atoms with Gasteiger partial charge in [0.1, 0.15) is 0 Å². The van der Waals surface area contributed by atoms with E-state index in [2.05, 4.69) is 29.9 Å². The van der Waals surface area contributed by atoms with Crippen molar-refractivity contribution < 1.29 is 0 Å². The van der Waals surface area contributed by atoms with Crippen LogP contribution in [-0.2, 0) is 0 Å². The van der Waals surface area contributed by atoms with Gasteiger partial charge < -0.3 is 5.73 Å². The summed E-state index contributed by atoms with van der Waals surface area (Å²) in [7, 11) is 0. The van der Waals surface area contributed by atoms with Gasteiger partial charge in [-0.05, 0) is 24.9 Å². The molecule has 0 saturated carbocycles. The molecular formula is C15H22N2. The third-order valence-corrected chi connectivity index (χ3v) is 2.84. The summed E-state index contributed by atoms with van der Waals surface area (Å²) in [5, 5.41) is 0. The fraction of sp³-hybridized carbons (Fsp3) is 0.467. The lowest BCUT2D eigenvalue weighted by Gasteiger charge is -2.21. The molecule has 0 aliphatic carbocycles. The lowest BCUT2D eigenvalue weighted by Crippen LogP contribution is -2.28. The number of nitrogens with two attached hydrogens (primary N) is 1. The average molecular weight is 230 g/mol. The van der Waals surface area contributed by atoms with Gasteiger partial charge in [0.05, 0.1) is 6.54 Å². The molecule has 0 saturated heterocycles. The summed E-state index contributed by atoms with van der Waals surface area (Å²) in [6.45, 7) is 4.90. The van der Waals surface area contributed by atoms with Crippen LogP contribution in [0.5, 0.6) is 0 Å². The highest BCUT2D eigenvalue weighted by molar-refractivity contribution is 5.18. The molecule has 0 fully saturated rings. The highest BCUT2D eigenvalue weighted by Gasteiger charge is 2.08. The number of benzene rings is 1. The zero-order valence-electron chi connectivity index (χ0n) is 10.6. The van der Waals surface area contributed by atoms with Crippen LogP contribution in [0.2, 0.25) is 0 Å². The van der Waals surface area contributed by atoms with Crippen molar-refractivity contribution in [2.45, 2.75) is 25.8 Å². The van der Waals surface area contributed by atoms with E-state index in [1.807, 2.05) is 18.2 Å². The largest absolute Gasteiger partial charge is 0.324 e. The van der Waals surface area contributed by atoms with E-state index in [4.69, 9.17) is 12.2 Å². The van der Waals surface area contributed by atoms with Gasteiger partial charge in [-0.1, -0.05) is 43.2 Å². The van der Waals surface area contributed by atoms with Gasteiger partial charge in [0.2, 0.25) is 0 Å². The fourth-order valence-corrected chi connectivity index (χ4v) is 1.90. The van der Waals surface area contributed by atoms with Gasteiger partial charge in [-0.25, -0.2) is 0 Å². The Morgan fingerprint density at radius 3 is 2.59 bits per heavy atom. The first-order chi connectivity index (χ1) is 8.27.